The summed E-state index contributed by atoms with van der Waals surface area (Å²) >= 11 is 6.86. The number of hydrogen-bond donors (Lipinski definition) is 1. The third kappa shape index (κ3) is 4.89. The van der Waals surface area contributed by atoms with E-state index in [0.717, 1.165) is 6.07 Å². The summed E-state index contributed by atoms with van der Waals surface area (Å²) in [6, 6.07) is 5.67. The lowest BCUT2D eigenvalue weighted by Gasteiger charge is -2.42. The van der Waals surface area contributed by atoms with E-state index < -0.39 is 23.5 Å². The number of nitrogens with two attached hydrogens (primary N) is 1. The Balaban J connectivity index is 1.62. The molecule has 0 saturated carbocycles. The highest BCUT2D eigenvalue weighted by Crippen LogP contribution is 2.49. The Kier molecular flexibility index (Phi) is 7.81. The molecule has 45 heavy (non-hydrogen) atoms. The van der Waals surface area contributed by atoms with E-state index in [-0.39, 0.29) is 95.5 Å². The van der Waals surface area contributed by atoms with Crippen LogP contribution in [0.1, 0.15) is 30.9 Å². The van der Waals surface area contributed by atoms with E-state index in [9.17, 15) is 24.9 Å². The number of likely N-dealkylation sites (tertiary alicyclic amines) is 1. The number of rotatable bonds is 6. The van der Waals surface area contributed by atoms with Crippen molar-refractivity contribution < 1.29 is 18.7 Å². The van der Waals surface area contributed by atoms with Crippen molar-refractivity contribution in [1.82, 2.24) is 19.4 Å². The molecule has 1 aromatic carbocycles. The Bertz CT molecular complexity index is 1890. The number of anilines is 2. The highest BCUT2D eigenvalue weighted by molar-refractivity contribution is 6.35. The normalized spacial score (nSPS) is 19.3. The summed E-state index contributed by atoms with van der Waals surface area (Å²) in [6.07, 6.45) is 3.51. The molecule has 12 nitrogen and oxygen atoms in total. The van der Waals surface area contributed by atoms with Crippen molar-refractivity contribution in [2.75, 3.05) is 50.0 Å². The maximum absolute atomic E-state index is 15.3. The molecule has 2 N–H and O–H groups in total. The fourth-order valence-corrected chi connectivity index (χ4v) is 6.92. The van der Waals surface area contributed by atoms with Crippen LogP contribution in [0.4, 0.5) is 15.9 Å². The first-order valence-electron chi connectivity index (χ1n) is 14.4. The van der Waals surface area contributed by atoms with Crippen molar-refractivity contribution in [3.63, 3.8) is 0 Å². The van der Waals surface area contributed by atoms with Crippen molar-refractivity contribution in [3.8, 4) is 29.0 Å². The monoisotopic (exact) mass is 630 g/mol. The quantitative estimate of drug-likeness (QED) is 0.404. The Morgan fingerprint density at radius 1 is 1.24 bits per heavy atom. The van der Waals surface area contributed by atoms with Crippen LogP contribution in [0.25, 0.3) is 22.0 Å². The second-order valence-electron chi connectivity index (χ2n) is 11.1. The number of piperazine rings is 1. The molecule has 2 amide bonds. The smallest absolute Gasteiger partial charge is 0.271 e. The van der Waals surface area contributed by atoms with E-state index in [0.29, 0.717) is 24.8 Å². The molecular weight excluding hydrogens is 603 g/mol. The van der Waals surface area contributed by atoms with Gasteiger partial charge in [-0.3, -0.25) is 19.0 Å². The van der Waals surface area contributed by atoms with Gasteiger partial charge < -0.3 is 25.2 Å². The predicted octanol–water partition coefficient (Wildman–Crippen LogP) is 2.98. The number of amides is 2. The summed E-state index contributed by atoms with van der Waals surface area (Å²) < 4.78 is 23.0. The van der Waals surface area contributed by atoms with Crippen LogP contribution in [-0.2, 0) is 9.59 Å². The van der Waals surface area contributed by atoms with Gasteiger partial charge in [0.05, 0.1) is 51.9 Å². The second-order valence-corrected chi connectivity index (χ2v) is 11.5. The van der Waals surface area contributed by atoms with Crippen molar-refractivity contribution in [3.05, 3.63) is 57.7 Å². The largest absolute Gasteiger partial charge is 0.488 e. The first kappa shape index (κ1) is 29.9. The summed E-state index contributed by atoms with van der Waals surface area (Å²) in [5.41, 5.74) is 5.88. The highest BCUT2D eigenvalue weighted by Gasteiger charge is 2.38. The molecule has 0 spiro atoms. The van der Waals surface area contributed by atoms with Crippen molar-refractivity contribution in [2.45, 2.75) is 31.3 Å². The van der Waals surface area contributed by atoms with Gasteiger partial charge in [0, 0.05) is 50.7 Å². The number of halogens is 2. The number of carbonyl (C=O) groups excluding carboxylic acids is 2. The molecule has 1 unspecified atom stereocenters. The van der Waals surface area contributed by atoms with Gasteiger partial charge in [-0.1, -0.05) is 18.2 Å². The van der Waals surface area contributed by atoms with Gasteiger partial charge in [0.25, 0.3) is 5.56 Å². The lowest BCUT2D eigenvalue weighted by Crippen LogP contribution is -2.55. The van der Waals surface area contributed by atoms with E-state index in [1.807, 2.05) is 0 Å². The van der Waals surface area contributed by atoms with Gasteiger partial charge in [0.2, 0.25) is 11.8 Å². The molecule has 2 atom stereocenters. The zero-order valence-electron chi connectivity index (χ0n) is 24.1. The predicted molar refractivity (Wildman–Crippen MR) is 164 cm³/mol. The van der Waals surface area contributed by atoms with Gasteiger partial charge in [0.15, 0.2) is 5.75 Å². The maximum Gasteiger partial charge on any atom is 0.271 e. The molecule has 14 heteroatoms. The molecule has 0 radical (unpaired) electrons. The Hall–Kier alpha value is -5.14. The number of carbonyl (C=O) groups is 2. The van der Waals surface area contributed by atoms with Crippen LogP contribution in [0.5, 0.6) is 5.75 Å². The highest BCUT2D eigenvalue weighted by atomic mass is 35.5. The summed E-state index contributed by atoms with van der Waals surface area (Å²) in [6.45, 7) is 4.79. The van der Waals surface area contributed by atoms with Crippen LogP contribution < -0.4 is 20.9 Å². The molecule has 230 valence electrons. The zero-order valence-corrected chi connectivity index (χ0v) is 24.9. The van der Waals surface area contributed by atoms with Gasteiger partial charge in [-0.05, 0) is 24.6 Å². The van der Waals surface area contributed by atoms with Crippen LogP contribution in [0.3, 0.4) is 0 Å². The molecule has 3 aliphatic rings. The van der Waals surface area contributed by atoms with Crippen LogP contribution in [0.15, 0.2) is 35.8 Å². The summed E-state index contributed by atoms with van der Waals surface area (Å²) in [5, 5.41) is 20.4. The third-order valence-electron chi connectivity index (χ3n) is 8.64. The first-order valence-corrected chi connectivity index (χ1v) is 14.8. The van der Waals surface area contributed by atoms with Gasteiger partial charge in [-0.15, -0.1) is 0 Å². The molecule has 0 aliphatic carbocycles. The lowest BCUT2D eigenvalue weighted by atomic mass is 9.96. The first-order chi connectivity index (χ1) is 21.7. The molecule has 5 heterocycles. The number of nitrogen functional groups attached to an aromatic ring is 1. The lowest BCUT2D eigenvalue weighted by molar-refractivity contribution is -0.129. The minimum atomic E-state index is -0.696. The number of pyridine rings is 2. The fourth-order valence-electron chi connectivity index (χ4n) is 6.63. The van der Waals surface area contributed by atoms with Gasteiger partial charge in [-0.2, -0.15) is 10.5 Å². The van der Waals surface area contributed by atoms with Gasteiger partial charge in [0.1, 0.15) is 29.9 Å². The number of aromatic nitrogens is 2. The van der Waals surface area contributed by atoms with E-state index in [1.54, 1.807) is 20.8 Å². The Morgan fingerprint density at radius 3 is 2.71 bits per heavy atom. The Labute approximate surface area is 262 Å². The van der Waals surface area contributed by atoms with Gasteiger partial charge >= 0.3 is 0 Å². The molecule has 2 fully saturated rings. The van der Waals surface area contributed by atoms with Crippen LogP contribution in [-0.4, -0.2) is 76.5 Å². The number of benzene rings is 1. The molecule has 6 rings (SSSR count). The fraction of sp³-hybridized carbons (Fsp3) is 0.355. The minimum Gasteiger partial charge on any atom is -0.488 e. The molecule has 3 aromatic rings. The maximum atomic E-state index is 15.3. The minimum absolute atomic E-state index is 0.0116. The van der Waals surface area contributed by atoms with E-state index in [1.165, 1.54) is 16.8 Å². The summed E-state index contributed by atoms with van der Waals surface area (Å²) in [7, 11) is 0. The number of ether oxygens (including phenoxy) is 1. The second kappa shape index (κ2) is 11.7. The summed E-state index contributed by atoms with van der Waals surface area (Å²) in [5.74, 6) is -1.11. The zero-order chi connectivity index (χ0) is 32.0. The van der Waals surface area contributed by atoms with Crippen molar-refractivity contribution in [1.29, 1.82) is 10.5 Å². The van der Waals surface area contributed by atoms with Crippen LogP contribution >= 0.6 is 11.6 Å². The molecule has 0 bridgehead atoms. The van der Waals surface area contributed by atoms with E-state index in [2.05, 4.69) is 23.7 Å². The van der Waals surface area contributed by atoms with Crippen molar-refractivity contribution in [2.24, 2.45) is 0 Å². The molecule has 2 saturated heterocycles. The summed E-state index contributed by atoms with van der Waals surface area (Å²) in [4.78, 5) is 48.5. The molecular formula is C31H28ClFN8O4. The average Bonchev–Trinajstić information content (AvgIpc) is 3.43. The topological polar surface area (TPSA) is 162 Å². The molecule has 2 aromatic heterocycles. The van der Waals surface area contributed by atoms with E-state index in [4.69, 9.17) is 22.1 Å². The standard InChI is InChI=1S/C31H28ClFN8O4/c1-2-23(42)40-11-10-39(14-17(40)5-7-34)27-19-12-21(32)25(26-22(33)6-8-37-30(26)36)29-28(19)41(31(44)20(27)13-35)18(16-45-29)15-38-9-3-4-24(38)43/h2,6,8,12,17-18H,1,3-5,9-11,14-16H2,(H2,36,37)/t17-,18?/m0/s1. The van der Waals surface area contributed by atoms with E-state index >= 15 is 4.39 Å². The Morgan fingerprint density at radius 2 is 2.04 bits per heavy atom. The third-order valence-corrected chi connectivity index (χ3v) is 8.93. The van der Waals surface area contributed by atoms with Crippen molar-refractivity contribution >= 4 is 45.8 Å². The van der Waals surface area contributed by atoms with Crippen LogP contribution in [0, 0.1) is 28.5 Å². The SMILES string of the molecule is C=CC(=O)N1CCN(c2c(C#N)c(=O)n3c4c(c(-c5c(F)ccnc5N)c(Cl)cc24)OCC3CN2CCCC2=O)C[C@@H]1CC#N. The molecule has 3 aliphatic heterocycles. The number of nitrogens with zero attached hydrogens (tertiary/aromatic N) is 7. The van der Waals surface area contributed by atoms with Crippen LogP contribution in [0.2, 0.25) is 5.02 Å². The average molecular weight is 631 g/mol. The number of nitriles is 2. The number of hydrogen-bond acceptors (Lipinski definition) is 9. The van der Waals surface area contributed by atoms with Gasteiger partial charge in [-0.25, -0.2) is 9.37 Å².